The first kappa shape index (κ1) is 20.8. The first-order chi connectivity index (χ1) is 15.1. The molecule has 1 aliphatic heterocycles. The van der Waals surface area contributed by atoms with Gasteiger partial charge in [-0.2, -0.15) is 0 Å². The summed E-state index contributed by atoms with van der Waals surface area (Å²) in [5.74, 6) is -0.732. The Hall–Kier alpha value is -3.45. The highest BCUT2D eigenvalue weighted by molar-refractivity contribution is 7.10. The lowest BCUT2D eigenvalue weighted by atomic mass is 10.1. The van der Waals surface area contributed by atoms with Crippen LogP contribution in [0.1, 0.15) is 50.5 Å². The minimum atomic E-state index is -0.435. The third kappa shape index (κ3) is 4.51. The topological polar surface area (TPSA) is 75.7 Å². The Morgan fingerprint density at radius 1 is 1.13 bits per heavy atom. The van der Waals surface area contributed by atoms with Gasteiger partial charge in [0.05, 0.1) is 24.6 Å². The van der Waals surface area contributed by atoms with Gasteiger partial charge in [0.1, 0.15) is 0 Å². The number of thiophene rings is 1. The molecule has 6 nitrogen and oxygen atoms in total. The maximum atomic E-state index is 13.0. The lowest BCUT2D eigenvalue weighted by Crippen LogP contribution is -2.31. The van der Waals surface area contributed by atoms with Gasteiger partial charge < -0.3 is 15.0 Å². The van der Waals surface area contributed by atoms with Crippen LogP contribution in [0.2, 0.25) is 0 Å². The van der Waals surface area contributed by atoms with Gasteiger partial charge in [-0.15, -0.1) is 11.3 Å². The molecule has 7 heteroatoms. The molecule has 2 aromatic carbocycles. The summed E-state index contributed by atoms with van der Waals surface area (Å²) < 4.78 is 5.02. The van der Waals surface area contributed by atoms with Crippen LogP contribution in [0.15, 0.2) is 66.0 Å². The van der Waals surface area contributed by atoms with E-state index in [9.17, 15) is 14.4 Å². The monoisotopic (exact) mass is 434 g/mol. The van der Waals surface area contributed by atoms with Crippen molar-refractivity contribution in [3.8, 4) is 0 Å². The van der Waals surface area contributed by atoms with Crippen molar-refractivity contribution in [2.45, 2.75) is 25.9 Å². The first-order valence-electron chi connectivity index (χ1n) is 10.1. The average molecular weight is 435 g/mol. The number of amides is 2. The van der Waals surface area contributed by atoms with Gasteiger partial charge in [0.2, 0.25) is 5.91 Å². The zero-order valence-electron chi connectivity index (χ0n) is 17.0. The minimum absolute atomic E-state index is 0.0638. The van der Waals surface area contributed by atoms with E-state index in [1.807, 2.05) is 41.8 Å². The van der Waals surface area contributed by atoms with Crippen LogP contribution in [-0.4, -0.2) is 29.3 Å². The molecule has 0 fully saturated rings. The highest BCUT2D eigenvalue weighted by atomic mass is 32.1. The number of carbonyl (C=O) groups is 3. The van der Waals surface area contributed by atoms with Crippen LogP contribution >= 0.6 is 11.3 Å². The van der Waals surface area contributed by atoms with Crippen molar-refractivity contribution in [2.24, 2.45) is 0 Å². The fourth-order valence-electron chi connectivity index (χ4n) is 3.70. The van der Waals surface area contributed by atoms with E-state index in [0.29, 0.717) is 23.4 Å². The molecule has 1 N–H and O–H groups in total. The van der Waals surface area contributed by atoms with Crippen LogP contribution in [-0.2, 0) is 16.1 Å². The van der Waals surface area contributed by atoms with Gasteiger partial charge in [0.15, 0.2) is 0 Å². The van der Waals surface area contributed by atoms with Crippen molar-refractivity contribution < 1.29 is 19.1 Å². The standard InChI is InChI=1S/C24H22N2O4S/c1-2-30-24(29)16-8-5-9-18(13-16)25-22(27)14-20(21-11-6-12-31-21)26-15-17-7-3-4-10-19(17)23(26)28/h3-13,20H,2,14-15H2,1H3,(H,25,27). The van der Waals surface area contributed by atoms with Crippen LogP contribution in [0.5, 0.6) is 0 Å². The van der Waals surface area contributed by atoms with Gasteiger partial charge >= 0.3 is 5.97 Å². The Kier molecular flexibility index (Phi) is 6.13. The first-order valence-corrected chi connectivity index (χ1v) is 10.9. The SMILES string of the molecule is CCOC(=O)c1cccc(NC(=O)CC(c2cccs2)N2Cc3ccccc3C2=O)c1. The molecule has 2 heterocycles. The van der Waals surface area contributed by atoms with Crippen molar-refractivity contribution in [3.63, 3.8) is 0 Å². The minimum Gasteiger partial charge on any atom is -0.462 e. The number of nitrogens with one attached hydrogen (secondary N) is 1. The molecule has 2 amide bonds. The number of fused-ring (bicyclic) bond motifs is 1. The van der Waals surface area contributed by atoms with E-state index in [0.717, 1.165) is 10.4 Å². The summed E-state index contributed by atoms with van der Waals surface area (Å²) in [4.78, 5) is 40.6. The summed E-state index contributed by atoms with van der Waals surface area (Å²) in [6.07, 6.45) is 0.115. The number of hydrogen-bond acceptors (Lipinski definition) is 5. The molecule has 0 spiro atoms. The highest BCUT2D eigenvalue weighted by Crippen LogP contribution is 2.35. The maximum Gasteiger partial charge on any atom is 0.338 e. The number of ether oxygens (including phenoxy) is 1. The van der Waals surface area contributed by atoms with Crippen molar-refractivity contribution in [2.75, 3.05) is 11.9 Å². The van der Waals surface area contributed by atoms with E-state index in [1.165, 1.54) is 11.3 Å². The van der Waals surface area contributed by atoms with E-state index >= 15 is 0 Å². The van der Waals surface area contributed by atoms with Gasteiger partial charge in [0.25, 0.3) is 5.91 Å². The second kappa shape index (κ2) is 9.14. The number of nitrogens with zero attached hydrogens (tertiary/aromatic N) is 1. The highest BCUT2D eigenvalue weighted by Gasteiger charge is 2.34. The molecule has 0 aliphatic carbocycles. The molecule has 0 saturated carbocycles. The van der Waals surface area contributed by atoms with Crippen molar-refractivity contribution in [1.29, 1.82) is 0 Å². The second-order valence-corrected chi connectivity index (χ2v) is 8.15. The molecule has 0 saturated heterocycles. The average Bonchev–Trinajstić information content (AvgIpc) is 3.41. The number of anilines is 1. The largest absolute Gasteiger partial charge is 0.462 e. The van der Waals surface area contributed by atoms with E-state index in [-0.39, 0.29) is 30.9 Å². The van der Waals surface area contributed by atoms with E-state index in [1.54, 1.807) is 36.1 Å². The Morgan fingerprint density at radius 2 is 1.97 bits per heavy atom. The summed E-state index contributed by atoms with van der Waals surface area (Å²) >= 11 is 1.52. The van der Waals surface area contributed by atoms with E-state index in [2.05, 4.69) is 5.32 Å². The predicted molar refractivity (Wildman–Crippen MR) is 119 cm³/mol. The lowest BCUT2D eigenvalue weighted by molar-refractivity contribution is -0.117. The van der Waals surface area contributed by atoms with Gasteiger partial charge in [0, 0.05) is 22.7 Å². The number of benzene rings is 2. The number of esters is 1. The number of rotatable bonds is 7. The Labute approximate surface area is 184 Å². The van der Waals surface area contributed by atoms with Crippen LogP contribution < -0.4 is 5.32 Å². The van der Waals surface area contributed by atoms with E-state index in [4.69, 9.17) is 4.74 Å². The summed E-state index contributed by atoms with van der Waals surface area (Å²) in [6, 6.07) is 17.7. The molecule has 0 bridgehead atoms. The molecule has 158 valence electrons. The molecule has 31 heavy (non-hydrogen) atoms. The van der Waals surface area contributed by atoms with Crippen molar-refractivity contribution in [3.05, 3.63) is 87.6 Å². The molecule has 0 radical (unpaired) electrons. The Balaban J connectivity index is 1.51. The van der Waals surface area contributed by atoms with Crippen molar-refractivity contribution in [1.82, 2.24) is 4.90 Å². The lowest BCUT2D eigenvalue weighted by Gasteiger charge is -2.26. The normalized spacial score (nSPS) is 13.6. The van der Waals surface area contributed by atoms with Crippen LogP contribution in [0.4, 0.5) is 5.69 Å². The van der Waals surface area contributed by atoms with E-state index < -0.39 is 5.97 Å². The van der Waals surface area contributed by atoms with Gasteiger partial charge in [-0.05, 0) is 48.2 Å². The van der Waals surface area contributed by atoms with Crippen molar-refractivity contribution >= 4 is 34.8 Å². The third-order valence-electron chi connectivity index (χ3n) is 5.13. The fraction of sp³-hybridized carbons (Fsp3) is 0.208. The molecule has 3 aromatic rings. The Bertz CT molecular complexity index is 1110. The predicted octanol–water partition coefficient (Wildman–Crippen LogP) is 4.65. The van der Waals surface area contributed by atoms with Gasteiger partial charge in [-0.25, -0.2) is 4.79 Å². The summed E-state index contributed by atoms with van der Waals surface area (Å²) in [6.45, 7) is 2.50. The summed E-state index contributed by atoms with van der Waals surface area (Å²) in [7, 11) is 0. The van der Waals surface area contributed by atoms with Crippen LogP contribution in [0.25, 0.3) is 0 Å². The van der Waals surface area contributed by atoms with Crippen LogP contribution in [0.3, 0.4) is 0 Å². The smallest absolute Gasteiger partial charge is 0.338 e. The molecule has 1 aromatic heterocycles. The summed E-state index contributed by atoms with van der Waals surface area (Å²) in [5, 5.41) is 4.79. The van der Waals surface area contributed by atoms with Gasteiger partial charge in [-0.3, -0.25) is 9.59 Å². The summed E-state index contributed by atoms with van der Waals surface area (Å²) in [5.41, 5.74) is 2.54. The fourth-order valence-corrected chi connectivity index (χ4v) is 4.54. The number of hydrogen-bond donors (Lipinski definition) is 1. The molecular formula is C24H22N2O4S. The molecular weight excluding hydrogens is 412 g/mol. The molecule has 1 unspecified atom stereocenters. The third-order valence-corrected chi connectivity index (χ3v) is 6.11. The van der Waals surface area contributed by atoms with Gasteiger partial charge in [-0.1, -0.05) is 30.3 Å². The Morgan fingerprint density at radius 3 is 2.71 bits per heavy atom. The maximum absolute atomic E-state index is 13.0. The molecule has 1 atom stereocenters. The molecule has 4 rings (SSSR count). The number of carbonyl (C=O) groups excluding carboxylic acids is 3. The van der Waals surface area contributed by atoms with Crippen LogP contribution in [0, 0.1) is 0 Å². The second-order valence-electron chi connectivity index (χ2n) is 7.17. The quantitative estimate of drug-likeness (QED) is 0.549. The zero-order valence-corrected chi connectivity index (χ0v) is 17.9. The zero-order chi connectivity index (χ0) is 21.8. The molecule has 1 aliphatic rings.